The van der Waals surface area contributed by atoms with Crippen LogP contribution in [0.15, 0.2) is 30.3 Å². The van der Waals surface area contributed by atoms with Crippen LogP contribution in [0.2, 0.25) is 0 Å². The maximum Gasteiger partial charge on any atom is 0.220 e. The highest BCUT2D eigenvalue weighted by Gasteiger charge is 2.15. The van der Waals surface area contributed by atoms with Crippen molar-refractivity contribution in [3.63, 3.8) is 0 Å². The largest absolute Gasteiger partial charge is 0.350 e. The van der Waals surface area contributed by atoms with Gasteiger partial charge < -0.3 is 11.1 Å². The summed E-state index contributed by atoms with van der Waals surface area (Å²) in [7, 11) is 0. The van der Waals surface area contributed by atoms with E-state index in [1.54, 1.807) is 0 Å². The predicted molar refractivity (Wildman–Crippen MR) is 84.2 cm³/mol. The van der Waals surface area contributed by atoms with Gasteiger partial charge in [0, 0.05) is 6.42 Å². The van der Waals surface area contributed by atoms with Crippen LogP contribution in [0.1, 0.15) is 51.6 Å². The first-order valence-corrected chi connectivity index (χ1v) is 7.59. The van der Waals surface area contributed by atoms with Gasteiger partial charge in [-0.25, -0.2) is 0 Å². The first-order chi connectivity index (χ1) is 9.54. The number of nitrogens with two attached hydrogens (primary N) is 1. The third kappa shape index (κ3) is 5.74. The Morgan fingerprint density at radius 3 is 2.35 bits per heavy atom. The van der Waals surface area contributed by atoms with E-state index >= 15 is 0 Å². The second kappa shape index (κ2) is 8.75. The molecule has 3 heteroatoms. The first kappa shape index (κ1) is 16.7. The summed E-state index contributed by atoms with van der Waals surface area (Å²) < 4.78 is 0. The van der Waals surface area contributed by atoms with Gasteiger partial charge in [-0.1, -0.05) is 44.2 Å². The van der Waals surface area contributed by atoms with E-state index in [0.29, 0.717) is 24.8 Å². The van der Waals surface area contributed by atoms with Crippen LogP contribution < -0.4 is 11.1 Å². The summed E-state index contributed by atoms with van der Waals surface area (Å²) in [5, 5.41) is 3.06. The van der Waals surface area contributed by atoms with Gasteiger partial charge in [-0.15, -0.1) is 0 Å². The third-order valence-corrected chi connectivity index (χ3v) is 3.90. The van der Waals surface area contributed by atoms with Crippen molar-refractivity contribution < 1.29 is 4.79 Å². The van der Waals surface area contributed by atoms with E-state index in [2.05, 4.69) is 19.2 Å². The van der Waals surface area contributed by atoms with E-state index in [0.717, 1.165) is 18.4 Å². The molecule has 1 rings (SSSR count). The zero-order valence-electron chi connectivity index (χ0n) is 12.9. The summed E-state index contributed by atoms with van der Waals surface area (Å²) in [6.45, 7) is 7.12. The summed E-state index contributed by atoms with van der Waals surface area (Å²) in [4.78, 5) is 12.0. The van der Waals surface area contributed by atoms with Crippen LogP contribution >= 0.6 is 0 Å². The Kier molecular flexibility index (Phi) is 7.31. The first-order valence-electron chi connectivity index (χ1n) is 7.59. The molecule has 112 valence electrons. The molecule has 1 amide bonds. The summed E-state index contributed by atoms with van der Waals surface area (Å²) in [6.07, 6.45) is 2.50. The number of carbonyl (C=O) groups is 1. The fraction of sp³-hybridized carbons (Fsp3) is 0.588. The molecule has 3 N–H and O–H groups in total. The van der Waals surface area contributed by atoms with E-state index < -0.39 is 0 Å². The molecule has 1 aromatic rings. The van der Waals surface area contributed by atoms with Gasteiger partial charge in [-0.2, -0.15) is 0 Å². The SMILES string of the molecule is CC(C)C(CCN)CCC(=O)N[C@@H](C)c1ccccc1. The lowest BCUT2D eigenvalue weighted by atomic mass is 9.88. The predicted octanol–water partition coefficient (Wildman–Crippen LogP) is 3.27. The lowest BCUT2D eigenvalue weighted by molar-refractivity contribution is -0.122. The van der Waals surface area contributed by atoms with Crippen LogP contribution in [0.5, 0.6) is 0 Å². The van der Waals surface area contributed by atoms with Crippen molar-refractivity contribution >= 4 is 5.91 Å². The molecule has 0 saturated carbocycles. The topological polar surface area (TPSA) is 55.1 Å². The Bertz CT molecular complexity index is 389. The van der Waals surface area contributed by atoms with Crippen LogP contribution in [0.25, 0.3) is 0 Å². The van der Waals surface area contributed by atoms with Crippen molar-refractivity contribution in [2.75, 3.05) is 6.54 Å². The molecule has 3 nitrogen and oxygen atoms in total. The lowest BCUT2D eigenvalue weighted by Crippen LogP contribution is -2.27. The van der Waals surface area contributed by atoms with Gasteiger partial charge in [-0.3, -0.25) is 4.79 Å². The molecular weight excluding hydrogens is 248 g/mol. The molecule has 0 aliphatic carbocycles. The number of carbonyl (C=O) groups excluding carboxylic acids is 1. The van der Waals surface area contributed by atoms with Crippen molar-refractivity contribution in [1.82, 2.24) is 5.32 Å². The van der Waals surface area contributed by atoms with E-state index in [-0.39, 0.29) is 11.9 Å². The molecular formula is C17H28N2O. The summed E-state index contributed by atoms with van der Waals surface area (Å²) in [5.74, 6) is 1.25. The minimum absolute atomic E-state index is 0.0655. The Hall–Kier alpha value is -1.35. The van der Waals surface area contributed by atoms with Crippen molar-refractivity contribution in [3.8, 4) is 0 Å². The minimum Gasteiger partial charge on any atom is -0.350 e. The summed E-state index contributed by atoms with van der Waals surface area (Å²) in [5.41, 5.74) is 6.77. The molecule has 0 aromatic heterocycles. The molecule has 0 aliphatic heterocycles. The Morgan fingerprint density at radius 2 is 1.80 bits per heavy atom. The maximum atomic E-state index is 12.0. The highest BCUT2D eigenvalue weighted by molar-refractivity contribution is 5.76. The molecule has 0 spiro atoms. The Balaban J connectivity index is 2.39. The number of hydrogen-bond acceptors (Lipinski definition) is 2. The zero-order valence-corrected chi connectivity index (χ0v) is 12.9. The van der Waals surface area contributed by atoms with E-state index in [9.17, 15) is 4.79 Å². The van der Waals surface area contributed by atoms with Gasteiger partial charge in [0.2, 0.25) is 5.91 Å². The second-order valence-corrected chi connectivity index (χ2v) is 5.82. The third-order valence-electron chi connectivity index (χ3n) is 3.90. The normalized spacial score (nSPS) is 14.1. The van der Waals surface area contributed by atoms with E-state index in [4.69, 9.17) is 5.73 Å². The number of benzene rings is 1. The van der Waals surface area contributed by atoms with Crippen molar-refractivity contribution in [1.29, 1.82) is 0 Å². The monoisotopic (exact) mass is 276 g/mol. The van der Waals surface area contributed by atoms with Crippen molar-refractivity contribution in [2.45, 2.75) is 46.1 Å². The summed E-state index contributed by atoms with van der Waals surface area (Å²) in [6, 6.07) is 10.1. The standard InChI is InChI=1S/C17H28N2O/c1-13(2)15(11-12-18)9-10-17(20)19-14(3)16-7-5-4-6-8-16/h4-8,13-15H,9-12,18H2,1-3H3,(H,19,20)/t14-,15?/m0/s1. The fourth-order valence-corrected chi connectivity index (χ4v) is 2.48. The van der Waals surface area contributed by atoms with Gasteiger partial charge >= 0.3 is 0 Å². The van der Waals surface area contributed by atoms with Gasteiger partial charge in [0.1, 0.15) is 0 Å². The van der Waals surface area contributed by atoms with Crippen LogP contribution in [0, 0.1) is 11.8 Å². The van der Waals surface area contributed by atoms with Crippen molar-refractivity contribution in [3.05, 3.63) is 35.9 Å². The maximum absolute atomic E-state index is 12.0. The quantitative estimate of drug-likeness (QED) is 0.765. The molecule has 0 radical (unpaired) electrons. The van der Waals surface area contributed by atoms with Gasteiger partial charge in [0.05, 0.1) is 6.04 Å². The molecule has 20 heavy (non-hydrogen) atoms. The smallest absolute Gasteiger partial charge is 0.220 e. The van der Waals surface area contributed by atoms with E-state index in [1.807, 2.05) is 37.3 Å². The van der Waals surface area contributed by atoms with Crippen LogP contribution in [-0.4, -0.2) is 12.5 Å². The molecule has 1 aromatic carbocycles. The molecule has 0 bridgehead atoms. The highest BCUT2D eigenvalue weighted by atomic mass is 16.1. The second-order valence-electron chi connectivity index (χ2n) is 5.82. The van der Waals surface area contributed by atoms with Gasteiger partial charge in [-0.05, 0) is 43.7 Å². The Morgan fingerprint density at radius 1 is 1.15 bits per heavy atom. The number of hydrogen-bond donors (Lipinski definition) is 2. The fourth-order valence-electron chi connectivity index (χ4n) is 2.48. The van der Waals surface area contributed by atoms with Crippen molar-refractivity contribution in [2.24, 2.45) is 17.6 Å². The number of nitrogens with one attached hydrogen (secondary N) is 1. The van der Waals surface area contributed by atoms with Gasteiger partial charge in [0.25, 0.3) is 0 Å². The van der Waals surface area contributed by atoms with Crippen LogP contribution in [0.4, 0.5) is 0 Å². The van der Waals surface area contributed by atoms with E-state index in [1.165, 1.54) is 0 Å². The van der Waals surface area contributed by atoms with Crippen LogP contribution in [0.3, 0.4) is 0 Å². The molecule has 0 fully saturated rings. The molecule has 0 heterocycles. The number of amides is 1. The number of rotatable bonds is 8. The zero-order chi connectivity index (χ0) is 15.0. The Labute approximate surface area is 122 Å². The average molecular weight is 276 g/mol. The average Bonchev–Trinajstić information content (AvgIpc) is 2.44. The molecule has 1 unspecified atom stereocenters. The van der Waals surface area contributed by atoms with Gasteiger partial charge in [0.15, 0.2) is 0 Å². The minimum atomic E-state index is 0.0655. The highest BCUT2D eigenvalue weighted by Crippen LogP contribution is 2.20. The lowest BCUT2D eigenvalue weighted by Gasteiger charge is -2.20. The van der Waals surface area contributed by atoms with Crippen LogP contribution in [-0.2, 0) is 4.79 Å². The molecule has 2 atom stereocenters. The molecule has 0 saturated heterocycles. The molecule has 0 aliphatic rings. The summed E-state index contributed by atoms with van der Waals surface area (Å²) >= 11 is 0.